The summed E-state index contributed by atoms with van der Waals surface area (Å²) in [5, 5.41) is 7.03. The van der Waals surface area contributed by atoms with E-state index in [1.807, 2.05) is 18.6 Å². The van der Waals surface area contributed by atoms with E-state index < -0.39 is 0 Å². The average Bonchev–Trinajstić information content (AvgIpc) is 3.26. The minimum Gasteiger partial charge on any atom is -0.256 e. The van der Waals surface area contributed by atoms with Crippen LogP contribution < -0.4 is 0 Å². The summed E-state index contributed by atoms with van der Waals surface area (Å²) in [7, 11) is 0. The molecule has 10 aromatic rings. The molecule has 0 aliphatic rings. The van der Waals surface area contributed by atoms with Crippen molar-refractivity contribution >= 4 is 32.3 Å². The zero-order valence-corrected chi connectivity index (χ0v) is 29.4. The van der Waals surface area contributed by atoms with Crippen LogP contribution in [0, 0.1) is 0 Å². The van der Waals surface area contributed by atoms with Gasteiger partial charge in [-0.1, -0.05) is 158 Å². The summed E-state index contributed by atoms with van der Waals surface area (Å²) < 4.78 is 0. The Kier molecular flexibility index (Phi) is 7.81. The van der Waals surface area contributed by atoms with Crippen molar-refractivity contribution in [2.75, 3.05) is 0 Å². The Bertz CT molecular complexity index is 2950. The van der Waals surface area contributed by atoms with E-state index in [0.29, 0.717) is 0 Å². The van der Waals surface area contributed by atoms with E-state index in [4.69, 9.17) is 15.0 Å². The van der Waals surface area contributed by atoms with Gasteiger partial charge in [-0.2, -0.15) is 0 Å². The normalized spacial score (nSPS) is 11.3. The topological polar surface area (TPSA) is 38.7 Å². The van der Waals surface area contributed by atoms with Crippen molar-refractivity contribution in [3.05, 3.63) is 201 Å². The minimum atomic E-state index is 0.993. The average molecular weight is 688 g/mol. The van der Waals surface area contributed by atoms with E-state index in [-0.39, 0.29) is 0 Å². The van der Waals surface area contributed by atoms with E-state index in [9.17, 15) is 0 Å². The summed E-state index contributed by atoms with van der Waals surface area (Å²) in [5.41, 5.74) is 13.2. The molecular formula is C51H33N3. The van der Waals surface area contributed by atoms with Crippen LogP contribution in [0.2, 0.25) is 0 Å². The van der Waals surface area contributed by atoms with Crippen LogP contribution in [0.25, 0.3) is 99.5 Å². The van der Waals surface area contributed by atoms with Crippen LogP contribution in [0.4, 0.5) is 0 Å². The summed E-state index contributed by atoms with van der Waals surface area (Å²) in [6, 6.07) is 64.8. The van der Waals surface area contributed by atoms with Gasteiger partial charge in [0.25, 0.3) is 0 Å². The highest BCUT2D eigenvalue weighted by atomic mass is 14.7. The molecule has 0 unspecified atom stereocenters. The van der Waals surface area contributed by atoms with Gasteiger partial charge in [0.05, 0.1) is 17.1 Å². The first-order valence-electron chi connectivity index (χ1n) is 18.2. The Morgan fingerprint density at radius 1 is 0.241 bits per heavy atom. The molecule has 0 bridgehead atoms. The standard InChI is InChI=1S/C51H33N3/c1-4-10-45-35(7-1)27-30-52-49(45)40-19-13-34(14-20-40)43-25-26-44(38-15-21-41(22-16-38)50-46-11-5-2-8-36(46)28-31-53-50)48(33-43)39-17-23-42(24-18-39)51-47-12-6-3-9-37(47)29-32-54-51/h1-33H. The van der Waals surface area contributed by atoms with E-state index in [0.717, 1.165) is 72.2 Å². The van der Waals surface area contributed by atoms with Gasteiger partial charge in [0.1, 0.15) is 0 Å². The molecule has 3 heterocycles. The zero-order chi connectivity index (χ0) is 35.8. The van der Waals surface area contributed by atoms with Gasteiger partial charge < -0.3 is 0 Å². The number of fused-ring (bicyclic) bond motifs is 3. The van der Waals surface area contributed by atoms with Crippen molar-refractivity contribution in [3.8, 4) is 67.2 Å². The smallest absolute Gasteiger partial charge is 0.0780 e. The maximum atomic E-state index is 4.79. The first kappa shape index (κ1) is 31.5. The third kappa shape index (κ3) is 5.69. The van der Waals surface area contributed by atoms with Crippen molar-refractivity contribution in [3.63, 3.8) is 0 Å². The van der Waals surface area contributed by atoms with Crippen LogP contribution in [0.15, 0.2) is 201 Å². The molecule has 0 saturated heterocycles. The molecule has 0 aliphatic carbocycles. The molecule has 252 valence electrons. The molecule has 0 saturated carbocycles. The summed E-state index contributed by atoms with van der Waals surface area (Å²) >= 11 is 0. The highest BCUT2D eigenvalue weighted by molar-refractivity contribution is 5.97. The third-order valence-electron chi connectivity index (χ3n) is 10.5. The summed E-state index contributed by atoms with van der Waals surface area (Å²) in [5.74, 6) is 0. The molecule has 54 heavy (non-hydrogen) atoms. The first-order valence-corrected chi connectivity index (χ1v) is 18.2. The molecule has 0 fully saturated rings. The minimum absolute atomic E-state index is 0.993. The lowest BCUT2D eigenvalue weighted by atomic mass is 9.89. The fourth-order valence-corrected chi connectivity index (χ4v) is 7.70. The predicted octanol–water partition coefficient (Wildman–Crippen LogP) is 13.3. The number of rotatable bonds is 6. The molecule has 3 heteroatoms. The van der Waals surface area contributed by atoms with Crippen molar-refractivity contribution in [1.82, 2.24) is 15.0 Å². The number of hydrogen-bond acceptors (Lipinski definition) is 3. The Labute approximate surface area is 313 Å². The molecule has 3 nitrogen and oxygen atoms in total. The largest absolute Gasteiger partial charge is 0.256 e. The number of nitrogens with zero attached hydrogens (tertiary/aromatic N) is 3. The lowest BCUT2D eigenvalue weighted by Gasteiger charge is -2.15. The number of aromatic nitrogens is 3. The van der Waals surface area contributed by atoms with Gasteiger partial charge in [0.2, 0.25) is 0 Å². The van der Waals surface area contributed by atoms with Gasteiger partial charge >= 0.3 is 0 Å². The van der Waals surface area contributed by atoms with Gasteiger partial charge in [-0.15, -0.1) is 0 Å². The van der Waals surface area contributed by atoms with Crippen molar-refractivity contribution in [1.29, 1.82) is 0 Å². The number of hydrogen-bond donors (Lipinski definition) is 0. The van der Waals surface area contributed by atoms with Crippen molar-refractivity contribution in [2.24, 2.45) is 0 Å². The molecule has 0 atom stereocenters. The monoisotopic (exact) mass is 687 g/mol. The van der Waals surface area contributed by atoms with Crippen LogP contribution in [0.3, 0.4) is 0 Å². The molecule has 0 aliphatic heterocycles. The van der Waals surface area contributed by atoms with E-state index >= 15 is 0 Å². The molecule has 0 radical (unpaired) electrons. The maximum absolute atomic E-state index is 4.79. The molecule has 0 spiro atoms. The molecule has 10 rings (SSSR count). The third-order valence-corrected chi connectivity index (χ3v) is 10.5. The quantitative estimate of drug-likeness (QED) is 0.175. The highest BCUT2D eigenvalue weighted by Crippen LogP contribution is 2.39. The second-order valence-corrected chi connectivity index (χ2v) is 13.6. The van der Waals surface area contributed by atoms with Crippen LogP contribution in [0.5, 0.6) is 0 Å². The van der Waals surface area contributed by atoms with Gasteiger partial charge in [-0.3, -0.25) is 15.0 Å². The van der Waals surface area contributed by atoms with E-state index in [1.54, 1.807) is 0 Å². The van der Waals surface area contributed by atoms with Crippen LogP contribution >= 0.6 is 0 Å². The van der Waals surface area contributed by atoms with E-state index in [2.05, 4.69) is 182 Å². The van der Waals surface area contributed by atoms with Gasteiger partial charge in [-0.05, 0) is 73.8 Å². The van der Waals surface area contributed by atoms with Gasteiger partial charge in [-0.25, -0.2) is 0 Å². The highest BCUT2D eigenvalue weighted by Gasteiger charge is 2.14. The van der Waals surface area contributed by atoms with Crippen LogP contribution in [0.1, 0.15) is 0 Å². The fraction of sp³-hybridized carbons (Fsp3) is 0. The lowest BCUT2D eigenvalue weighted by Crippen LogP contribution is -1.91. The molecule has 3 aromatic heterocycles. The Balaban J connectivity index is 1.06. The predicted molar refractivity (Wildman–Crippen MR) is 225 cm³/mol. The first-order chi connectivity index (χ1) is 26.8. The number of benzene rings is 7. The molecule has 7 aromatic carbocycles. The maximum Gasteiger partial charge on any atom is 0.0780 e. The summed E-state index contributed by atoms with van der Waals surface area (Å²) in [6.07, 6.45) is 5.68. The second kappa shape index (κ2) is 13.4. The summed E-state index contributed by atoms with van der Waals surface area (Å²) in [4.78, 5) is 14.3. The van der Waals surface area contributed by atoms with Crippen LogP contribution in [-0.2, 0) is 0 Å². The van der Waals surface area contributed by atoms with Gasteiger partial charge in [0.15, 0.2) is 0 Å². The van der Waals surface area contributed by atoms with Gasteiger partial charge in [0, 0.05) is 51.4 Å². The van der Waals surface area contributed by atoms with Crippen LogP contribution in [-0.4, -0.2) is 15.0 Å². The fourth-order valence-electron chi connectivity index (χ4n) is 7.70. The SMILES string of the molecule is c1ccc2c(-c3ccc(-c4ccc(-c5ccc(-c6nccc7ccccc67)cc5)c(-c5ccc(-c6nccc7ccccc67)cc5)c4)cc3)nccc2c1. The molecule has 0 N–H and O–H groups in total. The van der Waals surface area contributed by atoms with E-state index in [1.165, 1.54) is 27.3 Å². The molecule has 0 amide bonds. The second-order valence-electron chi connectivity index (χ2n) is 13.6. The Morgan fingerprint density at radius 3 is 1.00 bits per heavy atom. The number of pyridine rings is 3. The Hall–Kier alpha value is -7.23. The summed E-state index contributed by atoms with van der Waals surface area (Å²) in [6.45, 7) is 0. The van der Waals surface area contributed by atoms with Crippen molar-refractivity contribution in [2.45, 2.75) is 0 Å². The zero-order valence-electron chi connectivity index (χ0n) is 29.4. The Morgan fingerprint density at radius 2 is 0.574 bits per heavy atom. The lowest BCUT2D eigenvalue weighted by molar-refractivity contribution is 1.36. The van der Waals surface area contributed by atoms with Crippen molar-refractivity contribution < 1.29 is 0 Å². The molecular weight excluding hydrogens is 655 g/mol.